The number of ether oxygens (including phenoxy) is 3. The summed E-state index contributed by atoms with van der Waals surface area (Å²) in [5.74, 6) is -0.616. The van der Waals surface area contributed by atoms with Crippen LogP contribution in [0.3, 0.4) is 0 Å². The van der Waals surface area contributed by atoms with Gasteiger partial charge in [0.25, 0.3) is 10.0 Å². The van der Waals surface area contributed by atoms with Gasteiger partial charge in [0.2, 0.25) is 5.60 Å². The number of fused-ring (bicyclic) bond motifs is 1. The van der Waals surface area contributed by atoms with Gasteiger partial charge in [0.15, 0.2) is 0 Å². The number of carbonyl (C=O) groups is 2. The van der Waals surface area contributed by atoms with E-state index in [9.17, 15) is 35.6 Å². The maximum Gasteiger partial charge on any atom is 0.427 e. The number of rotatable bonds is 9. The molecule has 3 rings (SSSR count). The number of nitrogens with zero attached hydrogens (tertiary/aromatic N) is 1. The van der Waals surface area contributed by atoms with Crippen LogP contribution in [0.4, 0.5) is 38.5 Å². The average Bonchev–Trinajstić information content (AvgIpc) is 2.86. The summed E-state index contributed by atoms with van der Waals surface area (Å²) in [6.45, 7) is 3.06. The average molecular weight is 592 g/mol. The number of sulfonamides is 1. The molecule has 0 aromatic heterocycles. The zero-order valence-corrected chi connectivity index (χ0v) is 22.7. The highest BCUT2D eigenvalue weighted by atomic mass is 32.2. The van der Waals surface area contributed by atoms with E-state index in [0.717, 1.165) is 35.0 Å². The van der Waals surface area contributed by atoms with Crippen LogP contribution in [-0.2, 0) is 19.5 Å². The molecule has 0 unspecified atom stereocenters. The maximum absolute atomic E-state index is 13.5. The number of hydrogen-bond acceptors (Lipinski definition) is 7. The molecule has 0 spiro atoms. The fourth-order valence-corrected chi connectivity index (χ4v) is 4.95. The molecule has 2 aromatic rings. The largest absolute Gasteiger partial charge is 0.484 e. The first-order valence-electron chi connectivity index (χ1n) is 12.2. The van der Waals surface area contributed by atoms with E-state index in [4.69, 9.17) is 9.47 Å². The van der Waals surface area contributed by atoms with Crippen LogP contribution < -0.4 is 19.7 Å². The summed E-state index contributed by atoms with van der Waals surface area (Å²) in [7, 11) is -4.32. The minimum atomic E-state index is -4.83. The quantitative estimate of drug-likeness (QED) is 0.304. The van der Waals surface area contributed by atoms with Crippen molar-refractivity contribution in [3.8, 4) is 5.75 Å². The smallest absolute Gasteiger partial charge is 0.427 e. The van der Waals surface area contributed by atoms with Crippen LogP contribution in [0.2, 0.25) is 0 Å². The van der Waals surface area contributed by atoms with Crippen molar-refractivity contribution < 1.29 is 49.8 Å². The van der Waals surface area contributed by atoms with E-state index in [2.05, 4.69) is 15.4 Å². The van der Waals surface area contributed by atoms with Crippen molar-refractivity contribution in [2.45, 2.75) is 56.4 Å². The van der Waals surface area contributed by atoms with Crippen LogP contribution in [-0.4, -0.2) is 58.2 Å². The molecule has 1 aliphatic heterocycles. The van der Waals surface area contributed by atoms with Gasteiger partial charge in [0, 0.05) is 5.69 Å². The second-order valence-corrected chi connectivity index (χ2v) is 11.2. The van der Waals surface area contributed by atoms with E-state index >= 15 is 0 Å². The minimum absolute atomic E-state index is 0.0395. The van der Waals surface area contributed by atoms with E-state index < -0.39 is 45.9 Å². The predicted molar refractivity (Wildman–Crippen MR) is 136 cm³/mol. The van der Waals surface area contributed by atoms with Crippen molar-refractivity contribution in [1.29, 1.82) is 0 Å². The van der Waals surface area contributed by atoms with Crippen molar-refractivity contribution in [3.63, 3.8) is 0 Å². The van der Waals surface area contributed by atoms with Gasteiger partial charge in [-0.1, -0.05) is 13.3 Å². The third-order valence-electron chi connectivity index (χ3n) is 5.77. The van der Waals surface area contributed by atoms with E-state index in [1.165, 1.54) is 18.2 Å². The van der Waals surface area contributed by atoms with Gasteiger partial charge in [-0.05, 0) is 62.7 Å². The molecule has 1 aliphatic rings. The summed E-state index contributed by atoms with van der Waals surface area (Å²) < 4.78 is 96.2. The SMILES string of the molecule is CCCCOC(=O)NC[C@H]1CN(S(=O)(=O)c2ccc(F)cc2)c2cc(NC(=O)OC(C)(C)C(F)(F)F)ccc2O1. The molecule has 0 aliphatic carbocycles. The van der Waals surface area contributed by atoms with Gasteiger partial charge in [-0.3, -0.25) is 9.62 Å². The van der Waals surface area contributed by atoms with Crippen LogP contribution in [0.1, 0.15) is 33.6 Å². The van der Waals surface area contributed by atoms with Gasteiger partial charge in [0.05, 0.1) is 30.3 Å². The van der Waals surface area contributed by atoms with Gasteiger partial charge in [-0.25, -0.2) is 22.4 Å². The topological polar surface area (TPSA) is 123 Å². The van der Waals surface area contributed by atoms with E-state index in [1.54, 1.807) is 0 Å². The predicted octanol–water partition coefficient (Wildman–Crippen LogP) is 5.20. The monoisotopic (exact) mass is 591 g/mol. The standard InChI is InChI=1S/C25H29F4N3O7S/c1-4-5-12-37-22(33)30-14-18-15-32(40(35,36)19-9-6-16(26)7-10-19)20-13-17(8-11-21(20)38-18)31-23(34)39-24(2,3)25(27,28)29/h6-11,13,18H,4-5,12,14-15H2,1-3H3,(H,30,33)(H,31,34)/t18-/m0/s1. The van der Waals surface area contributed by atoms with Crippen molar-refractivity contribution in [2.24, 2.45) is 0 Å². The number of alkyl carbamates (subject to hydrolysis) is 1. The first-order chi connectivity index (χ1) is 18.6. The molecule has 0 saturated heterocycles. The first kappa shape index (κ1) is 30.8. The Labute approximate surface area is 228 Å². The van der Waals surface area contributed by atoms with E-state index in [0.29, 0.717) is 20.3 Å². The maximum atomic E-state index is 13.5. The summed E-state index contributed by atoms with van der Waals surface area (Å²) in [5, 5.41) is 4.66. The van der Waals surface area contributed by atoms with Crippen LogP contribution in [0, 0.1) is 5.82 Å². The molecule has 10 nitrogen and oxygen atoms in total. The van der Waals surface area contributed by atoms with Crippen LogP contribution in [0.25, 0.3) is 0 Å². The summed E-state index contributed by atoms with van der Waals surface area (Å²) in [6.07, 6.45) is -6.36. The second-order valence-electron chi connectivity index (χ2n) is 9.31. The molecule has 220 valence electrons. The van der Waals surface area contributed by atoms with Crippen LogP contribution in [0.5, 0.6) is 5.75 Å². The molecule has 0 radical (unpaired) electrons. The number of hydrogen-bond donors (Lipinski definition) is 2. The minimum Gasteiger partial charge on any atom is -0.484 e. The fraction of sp³-hybridized carbons (Fsp3) is 0.440. The molecular formula is C25H29F4N3O7S. The molecule has 0 saturated carbocycles. The lowest BCUT2D eigenvalue weighted by molar-refractivity contribution is -0.242. The Morgan fingerprint density at radius 3 is 2.40 bits per heavy atom. The molecule has 0 fully saturated rings. The van der Waals surface area contributed by atoms with Crippen LogP contribution >= 0.6 is 0 Å². The number of alkyl halides is 3. The molecule has 15 heteroatoms. The normalized spacial score (nSPS) is 15.5. The zero-order chi connectivity index (χ0) is 29.7. The van der Waals surface area contributed by atoms with Gasteiger partial charge in [-0.2, -0.15) is 13.2 Å². The number of benzene rings is 2. The van der Waals surface area contributed by atoms with Gasteiger partial charge in [-0.15, -0.1) is 0 Å². The number of nitrogens with one attached hydrogen (secondary N) is 2. The van der Waals surface area contributed by atoms with Crippen molar-refractivity contribution >= 4 is 33.6 Å². The Bertz CT molecular complexity index is 1320. The molecule has 2 amide bonds. The molecule has 0 bridgehead atoms. The summed E-state index contributed by atoms with van der Waals surface area (Å²) >= 11 is 0. The lowest BCUT2D eigenvalue weighted by Crippen LogP contribution is -2.48. The highest BCUT2D eigenvalue weighted by Crippen LogP contribution is 2.39. The highest BCUT2D eigenvalue weighted by Gasteiger charge is 2.51. The lowest BCUT2D eigenvalue weighted by atomic mass is 10.1. The highest BCUT2D eigenvalue weighted by molar-refractivity contribution is 7.92. The molecule has 40 heavy (non-hydrogen) atoms. The molecule has 1 atom stereocenters. The van der Waals surface area contributed by atoms with Gasteiger partial charge >= 0.3 is 18.4 Å². The summed E-state index contributed by atoms with van der Waals surface area (Å²) in [6, 6.07) is 7.83. The third kappa shape index (κ3) is 7.46. The second kappa shape index (κ2) is 12.2. The van der Waals surface area contributed by atoms with Crippen molar-refractivity contribution in [3.05, 3.63) is 48.3 Å². The zero-order valence-electron chi connectivity index (χ0n) is 21.9. The summed E-state index contributed by atoms with van der Waals surface area (Å²) in [4.78, 5) is 23.9. The van der Waals surface area contributed by atoms with E-state index in [-0.39, 0.29) is 41.7 Å². The Morgan fingerprint density at radius 2 is 1.77 bits per heavy atom. The summed E-state index contributed by atoms with van der Waals surface area (Å²) in [5.41, 5.74) is -2.93. The van der Waals surface area contributed by atoms with Crippen molar-refractivity contribution in [1.82, 2.24) is 5.32 Å². The Kier molecular flexibility index (Phi) is 9.38. The number of anilines is 2. The number of amides is 2. The lowest BCUT2D eigenvalue weighted by Gasteiger charge is -2.35. The molecule has 2 N–H and O–H groups in total. The number of unbranched alkanes of at least 4 members (excludes halogenated alkanes) is 1. The molecule has 2 aromatic carbocycles. The third-order valence-corrected chi connectivity index (χ3v) is 7.57. The Morgan fingerprint density at radius 1 is 1.10 bits per heavy atom. The van der Waals surface area contributed by atoms with Gasteiger partial charge < -0.3 is 19.5 Å². The molecular weight excluding hydrogens is 562 g/mol. The number of carbonyl (C=O) groups excluding carboxylic acids is 2. The Balaban J connectivity index is 1.88. The van der Waals surface area contributed by atoms with Crippen LogP contribution in [0.15, 0.2) is 47.4 Å². The Hall–Kier alpha value is -3.75. The van der Waals surface area contributed by atoms with E-state index in [1.807, 2.05) is 6.92 Å². The fourth-order valence-electron chi connectivity index (χ4n) is 3.45. The molecule has 1 heterocycles. The first-order valence-corrected chi connectivity index (χ1v) is 13.6. The van der Waals surface area contributed by atoms with Crippen molar-refractivity contribution in [2.75, 3.05) is 29.3 Å². The van der Waals surface area contributed by atoms with Gasteiger partial charge in [0.1, 0.15) is 17.7 Å². The number of halogens is 4.